The van der Waals surface area contributed by atoms with Crippen LogP contribution in [0.25, 0.3) is 21.6 Å². The lowest BCUT2D eigenvalue weighted by Gasteiger charge is -2.29. The third-order valence-electron chi connectivity index (χ3n) is 5.96. The van der Waals surface area contributed by atoms with Crippen LogP contribution >= 0.6 is 11.3 Å². The fourth-order valence-electron chi connectivity index (χ4n) is 4.14. The van der Waals surface area contributed by atoms with E-state index < -0.39 is 11.6 Å². The number of hydrogen-bond acceptors (Lipinski definition) is 7. The molecule has 0 spiro atoms. The zero-order valence-electron chi connectivity index (χ0n) is 19.0. The molecule has 10 heteroatoms. The topological polar surface area (TPSA) is 73.1 Å². The molecule has 0 radical (unpaired) electrons. The zero-order valence-corrected chi connectivity index (χ0v) is 19.8. The monoisotopic (exact) mass is 483 g/mol. The van der Waals surface area contributed by atoms with Gasteiger partial charge in [0.15, 0.2) is 10.8 Å². The molecule has 1 fully saturated rings. The molecule has 176 valence electrons. The van der Waals surface area contributed by atoms with Gasteiger partial charge in [0.2, 0.25) is 5.56 Å². The Balaban J connectivity index is 1.59. The Labute approximate surface area is 198 Å². The van der Waals surface area contributed by atoms with E-state index in [0.29, 0.717) is 41.3 Å². The zero-order chi connectivity index (χ0) is 24.0. The summed E-state index contributed by atoms with van der Waals surface area (Å²) in [4.78, 5) is 27.8. The van der Waals surface area contributed by atoms with Crippen molar-refractivity contribution in [3.05, 3.63) is 69.9 Å². The summed E-state index contributed by atoms with van der Waals surface area (Å²) >= 11 is 1.37. The molecule has 2 unspecified atom stereocenters. The smallest absolute Gasteiger partial charge is 0.250 e. The molecule has 3 aromatic heterocycles. The molecule has 0 amide bonds. The molecule has 1 aromatic carbocycles. The SMILES string of the molecule is CN(C)c1nc2nc(C3CCOC(c4ccc(=O)n(C)c4)C3)nc(-c3ccc(F)cc3F)c2s1. The van der Waals surface area contributed by atoms with Gasteiger partial charge in [-0.3, -0.25) is 4.79 Å². The van der Waals surface area contributed by atoms with E-state index in [1.165, 1.54) is 34.1 Å². The van der Waals surface area contributed by atoms with Gasteiger partial charge in [-0.15, -0.1) is 0 Å². The number of benzene rings is 1. The minimum Gasteiger partial charge on any atom is -0.373 e. The number of halogens is 2. The number of nitrogens with zero attached hydrogens (tertiary/aromatic N) is 5. The van der Waals surface area contributed by atoms with Crippen LogP contribution in [-0.4, -0.2) is 40.2 Å². The van der Waals surface area contributed by atoms with Gasteiger partial charge in [0.1, 0.15) is 22.2 Å². The van der Waals surface area contributed by atoms with Gasteiger partial charge in [-0.25, -0.2) is 18.7 Å². The second kappa shape index (κ2) is 8.84. The quantitative estimate of drug-likeness (QED) is 0.428. The molecule has 34 heavy (non-hydrogen) atoms. The summed E-state index contributed by atoms with van der Waals surface area (Å²) in [7, 11) is 5.46. The van der Waals surface area contributed by atoms with Crippen LogP contribution in [0.1, 0.15) is 36.3 Å². The molecule has 5 rings (SSSR count). The maximum absolute atomic E-state index is 14.8. The second-order valence-electron chi connectivity index (χ2n) is 8.59. The van der Waals surface area contributed by atoms with E-state index in [9.17, 15) is 13.6 Å². The number of rotatable bonds is 4. The minimum absolute atomic E-state index is 0.0489. The summed E-state index contributed by atoms with van der Waals surface area (Å²) in [5.41, 5.74) is 1.93. The van der Waals surface area contributed by atoms with Crippen molar-refractivity contribution in [1.82, 2.24) is 19.5 Å². The Kier molecular flexibility index (Phi) is 5.86. The van der Waals surface area contributed by atoms with E-state index in [1.54, 1.807) is 19.3 Å². The normalized spacial score (nSPS) is 18.4. The summed E-state index contributed by atoms with van der Waals surface area (Å²) < 4.78 is 36.5. The number of thiazole rings is 1. The number of aromatic nitrogens is 4. The molecule has 1 saturated heterocycles. The van der Waals surface area contributed by atoms with Crippen molar-refractivity contribution in [2.45, 2.75) is 24.9 Å². The van der Waals surface area contributed by atoms with Crippen molar-refractivity contribution < 1.29 is 13.5 Å². The highest BCUT2D eigenvalue weighted by atomic mass is 32.1. The van der Waals surface area contributed by atoms with Crippen molar-refractivity contribution in [1.29, 1.82) is 0 Å². The lowest BCUT2D eigenvalue weighted by molar-refractivity contribution is 0.00365. The molecular formula is C24H23F2N5O2S. The van der Waals surface area contributed by atoms with Gasteiger partial charge in [0.25, 0.3) is 0 Å². The van der Waals surface area contributed by atoms with Crippen molar-refractivity contribution in [3.63, 3.8) is 0 Å². The van der Waals surface area contributed by atoms with Crippen LogP contribution in [0.2, 0.25) is 0 Å². The average Bonchev–Trinajstić information content (AvgIpc) is 3.25. The number of ether oxygens (including phenoxy) is 1. The van der Waals surface area contributed by atoms with Gasteiger partial charge in [0, 0.05) is 57.6 Å². The molecule has 4 heterocycles. The lowest BCUT2D eigenvalue weighted by atomic mass is 9.91. The maximum atomic E-state index is 14.8. The molecular weight excluding hydrogens is 460 g/mol. The standard InChI is InChI=1S/C24H23F2N5O2S/c1-30(2)24-29-23-21(34-24)20(16-6-5-15(25)11-17(16)26)27-22(28-23)13-8-9-33-18(10-13)14-4-7-19(32)31(3)12-14/h4-7,11-13,18H,8-10H2,1-3H3. The Morgan fingerprint density at radius 3 is 2.71 bits per heavy atom. The number of fused-ring (bicyclic) bond motifs is 1. The van der Waals surface area contributed by atoms with E-state index in [0.717, 1.165) is 16.8 Å². The molecule has 0 saturated carbocycles. The number of anilines is 1. The average molecular weight is 484 g/mol. The minimum atomic E-state index is -0.680. The second-order valence-corrected chi connectivity index (χ2v) is 9.57. The van der Waals surface area contributed by atoms with Gasteiger partial charge >= 0.3 is 0 Å². The Morgan fingerprint density at radius 2 is 1.97 bits per heavy atom. The Hall–Kier alpha value is -3.24. The first-order valence-electron chi connectivity index (χ1n) is 10.9. The van der Waals surface area contributed by atoms with Gasteiger partial charge in [-0.2, -0.15) is 4.98 Å². The highest BCUT2D eigenvalue weighted by molar-refractivity contribution is 7.22. The maximum Gasteiger partial charge on any atom is 0.250 e. The molecule has 0 aliphatic carbocycles. The van der Waals surface area contributed by atoms with Crippen LogP contribution in [-0.2, 0) is 11.8 Å². The fourth-order valence-corrected chi connectivity index (χ4v) is 5.07. The van der Waals surface area contributed by atoms with E-state index >= 15 is 0 Å². The first-order valence-corrected chi connectivity index (χ1v) is 11.7. The predicted molar refractivity (Wildman–Crippen MR) is 127 cm³/mol. The van der Waals surface area contributed by atoms with Gasteiger partial charge in [-0.05, 0) is 36.6 Å². The highest BCUT2D eigenvalue weighted by Crippen LogP contribution is 2.40. The van der Waals surface area contributed by atoms with Crippen molar-refractivity contribution in [2.24, 2.45) is 7.05 Å². The molecule has 7 nitrogen and oxygen atoms in total. The Bertz CT molecular complexity index is 1430. The molecule has 0 bridgehead atoms. The fraction of sp³-hybridized carbons (Fsp3) is 0.333. The molecule has 2 atom stereocenters. The number of pyridine rings is 1. The van der Waals surface area contributed by atoms with Crippen LogP contribution in [0.3, 0.4) is 0 Å². The lowest BCUT2D eigenvalue weighted by Crippen LogP contribution is -2.22. The predicted octanol–water partition coefficient (Wildman–Crippen LogP) is 4.43. The summed E-state index contributed by atoms with van der Waals surface area (Å²) in [5, 5.41) is 0.722. The number of aryl methyl sites for hydroxylation is 1. The highest BCUT2D eigenvalue weighted by Gasteiger charge is 2.29. The molecule has 4 aromatic rings. The van der Waals surface area contributed by atoms with E-state index in [-0.39, 0.29) is 23.1 Å². The van der Waals surface area contributed by atoms with Crippen LogP contribution in [0.15, 0.2) is 41.3 Å². The van der Waals surface area contributed by atoms with Crippen molar-refractivity contribution >= 4 is 26.8 Å². The van der Waals surface area contributed by atoms with Gasteiger partial charge < -0.3 is 14.2 Å². The van der Waals surface area contributed by atoms with E-state index in [1.807, 2.05) is 19.0 Å². The summed E-state index contributed by atoms with van der Waals surface area (Å²) in [6.07, 6.45) is 2.87. The van der Waals surface area contributed by atoms with E-state index in [2.05, 4.69) is 4.98 Å². The summed E-state index contributed by atoms with van der Waals surface area (Å²) in [6.45, 7) is 0.500. The summed E-state index contributed by atoms with van der Waals surface area (Å²) in [5.74, 6) is -0.817. The van der Waals surface area contributed by atoms with Crippen LogP contribution < -0.4 is 10.5 Å². The van der Waals surface area contributed by atoms with Crippen LogP contribution in [0.4, 0.5) is 13.9 Å². The molecule has 0 N–H and O–H groups in total. The first-order chi connectivity index (χ1) is 16.3. The first kappa shape index (κ1) is 22.5. The van der Waals surface area contributed by atoms with Gasteiger partial charge in [-0.1, -0.05) is 11.3 Å². The third-order valence-corrected chi connectivity index (χ3v) is 7.18. The summed E-state index contributed by atoms with van der Waals surface area (Å²) in [6, 6.07) is 6.80. The van der Waals surface area contributed by atoms with Crippen LogP contribution in [0, 0.1) is 11.6 Å². The number of hydrogen-bond donors (Lipinski definition) is 0. The van der Waals surface area contributed by atoms with Crippen molar-refractivity contribution in [2.75, 3.05) is 25.6 Å². The van der Waals surface area contributed by atoms with Gasteiger partial charge in [0.05, 0.1) is 11.8 Å². The largest absolute Gasteiger partial charge is 0.373 e. The van der Waals surface area contributed by atoms with Crippen LogP contribution in [0.5, 0.6) is 0 Å². The molecule has 1 aliphatic rings. The third kappa shape index (κ3) is 4.19. The Morgan fingerprint density at radius 1 is 1.15 bits per heavy atom. The van der Waals surface area contributed by atoms with E-state index in [4.69, 9.17) is 14.7 Å². The van der Waals surface area contributed by atoms with Crippen molar-refractivity contribution in [3.8, 4) is 11.3 Å². The molecule has 1 aliphatic heterocycles.